The topological polar surface area (TPSA) is 93.5 Å². The van der Waals surface area contributed by atoms with Crippen LogP contribution in [0.5, 0.6) is 0 Å². The van der Waals surface area contributed by atoms with Crippen LogP contribution in [0.3, 0.4) is 0 Å². The first-order valence-corrected chi connectivity index (χ1v) is 9.56. The first kappa shape index (κ1) is 19.2. The molecule has 3 aromatic rings. The normalized spacial score (nSPS) is 15.4. The van der Waals surface area contributed by atoms with Gasteiger partial charge in [0.2, 0.25) is 0 Å². The van der Waals surface area contributed by atoms with E-state index >= 15 is 0 Å². The zero-order valence-electron chi connectivity index (χ0n) is 16.6. The Kier molecular flexibility index (Phi) is 4.68. The van der Waals surface area contributed by atoms with Gasteiger partial charge in [0.15, 0.2) is 11.4 Å². The molecule has 0 atom stereocenters. The number of aromatic nitrogens is 3. The quantitative estimate of drug-likeness (QED) is 0.727. The first-order valence-electron chi connectivity index (χ1n) is 9.56. The molecule has 1 saturated heterocycles. The molecule has 0 aliphatic carbocycles. The standard InChI is InChI=1S/C20H23FN4O4/c1-11-15(12(2)23(3)22-11)10-25-17-9-14(8-16(21)18(17)29-20(25)28)13-4-6-24(7-5-13)19(26)27/h8-9,13H,4-7,10H2,1-3H3,(H,26,27). The first-order chi connectivity index (χ1) is 13.8. The number of amides is 1. The number of fused-ring (bicyclic) bond motifs is 1. The third-order valence-electron chi connectivity index (χ3n) is 5.96. The zero-order chi connectivity index (χ0) is 20.9. The lowest BCUT2D eigenvalue weighted by Gasteiger charge is -2.30. The highest BCUT2D eigenvalue weighted by atomic mass is 19.1. The number of rotatable bonds is 3. The van der Waals surface area contributed by atoms with Crippen molar-refractivity contribution in [1.29, 1.82) is 0 Å². The molecule has 4 rings (SSSR count). The lowest BCUT2D eigenvalue weighted by atomic mass is 9.89. The third kappa shape index (κ3) is 3.30. The van der Waals surface area contributed by atoms with E-state index in [-0.39, 0.29) is 18.0 Å². The number of oxazole rings is 1. The fourth-order valence-corrected chi connectivity index (χ4v) is 4.14. The van der Waals surface area contributed by atoms with Gasteiger partial charge in [-0.05, 0) is 50.3 Å². The van der Waals surface area contributed by atoms with Gasteiger partial charge in [-0.15, -0.1) is 0 Å². The maximum Gasteiger partial charge on any atom is 0.420 e. The van der Waals surface area contributed by atoms with Crippen LogP contribution in [0, 0.1) is 19.7 Å². The number of aryl methyl sites for hydroxylation is 2. The molecule has 9 heteroatoms. The molecule has 0 radical (unpaired) electrons. The molecule has 0 unspecified atom stereocenters. The Bertz CT molecular complexity index is 1150. The van der Waals surface area contributed by atoms with Crippen molar-refractivity contribution in [2.45, 2.75) is 39.2 Å². The van der Waals surface area contributed by atoms with Gasteiger partial charge in [0.1, 0.15) is 0 Å². The number of benzene rings is 1. The third-order valence-corrected chi connectivity index (χ3v) is 5.96. The van der Waals surface area contributed by atoms with E-state index in [2.05, 4.69) is 5.10 Å². The summed E-state index contributed by atoms with van der Waals surface area (Å²) >= 11 is 0. The lowest BCUT2D eigenvalue weighted by Crippen LogP contribution is -2.36. The van der Waals surface area contributed by atoms with E-state index < -0.39 is 17.7 Å². The summed E-state index contributed by atoms with van der Waals surface area (Å²) in [7, 11) is 1.84. The molecule has 0 bridgehead atoms. The molecule has 154 valence electrons. The second-order valence-corrected chi connectivity index (χ2v) is 7.62. The lowest BCUT2D eigenvalue weighted by molar-refractivity contribution is 0.132. The van der Waals surface area contributed by atoms with E-state index in [1.165, 1.54) is 15.5 Å². The Morgan fingerprint density at radius 3 is 2.59 bits per heavy atom. The Balaban J connectivity index is 1.72. The van der Waals surface area contributed by atoms with E-state index in [0.717, 1.165) is 22.5 Å². The van der Waals surface area contributed by atoms with E-state index in [9.17, 15) is 14.0 Å². The van der Waals surface area contributed by atoms with Crippen molar-refractivity contribution in [3.8, 4) is 0 Å². The minimum atomic E-state index is -0.934. The molecule has 0 spiro atoms. The van der Waals surface area contributed by atoms with Crippen molar-refractivity contribution in [3.05, 3.63) is 51.0 Å². The van der Waals surface area contributed by atoms with E-state index in [1.54, 1.807) is 10.7 Å². The number of hydrogen-bond acceptors (Lipinski definition) is 4. The summed E-state index contributed by atoms with van der Waals surface area (Å²) in [5.41, 5.74) is 3.76. The second kappa shape index (κ2) is 7.06. The number of hydrogen-bond donors (Lipinski definition) is 1. The van der Waals surface area contributed by atoms with Crippen LogP contribution in [0.15, 0.2) is 21.3 Å². The van der Waals surface area contributed by atoms with Crippen LogP contribution in [0.4, 0.5) is 9.18 Å². The van der Waals surface area contributed by atoms with Gasteiger partial charge in [-0.25, -0.2) is 14.0 Å². The molecule has 3 heterocycles. The summed E-state index contributed by atoms with van der Waals surface area (Å²) in [5, 5.41) is 13.5. The summed E-state index contributed by atoms with van der Waals surface area (Å²) in [4.78, 5) is 24.9. The Hall–Kier alpha value is -3.10. The number of piperidine rings is 1. The van der Waals surface area contributed by atoms with Crippen LogP contribution in [0.25, 0.3) is 11.1 Å². The predicted octanol–water partition coefficient (Wildman–Crippen LogP) is 2.99. The van der Waals surface area contributed by atoms with Crippen molar-refractivity contribution in [3.63, 3.8) is 0 Å². The highest BCUT2D eigenvalue weighted by Crippen LogP contribution is 2.32. The number of nitrogens with zero attached hydrogens (tertiary/aromatic N) is 4. The monoisotopic (exact) mass is 402 g/mol. The Morgan fingerprint density at radius 2 is 2.00 bits per heavy atom. The van der Waals surface area contributed by atoms with Gasteiger partial charge in [-0.3, -0.25) is 9.25 Å². The van der Waals surface area contributed by atoms with Crippen molar-refractivity contribution in [2.75, 3.05) is 13.1 Å². The predicted molar refractivity (Wildman–Crippen MR) is 104 cm³/mol. The smallest absolute Gasteiger partial charge is 0.420 e. The molecule has 2 aromatic heterocycles. The number of halogens is 1. The van der Waals surface area contributed by atoms with Crippen molar-refractivity contribution < 1.29 is 18.7 Å². The van der Waals surface area contributed by atoms with Gasteiger partial charge in [-0.1, -0.05) is 0 Å². The summed E-state index contributed by atoms with van der Waals surface area (Å²) < 4.78 is 23.1. The SMILES string of the molecule is Cc1nn(C)c(C)c1Cn1c(=O)oc2c(F)cc(C3CCN(C(=O)O)CC3)cc21. The number of likely N-dealkylation sites (tertiary alicyclic amines) is 1. The maximum atomic E-state index is 14.7. The van der Waals surface area contributed by atoms with Gasteiger partial charge >= 0.3 is 11.8 Å². The molecular weight excluding hydrogens is 379 g/mol. The molecule has 0 saturated carbocycles. The fourth-order valence-electron chi connectivity index (χ4n) is 4.14. The van der Waals surface area contributed by atoms with E-state index in [1.807, 2.05) is 20.9 Å². The second-order valence-electron chi connectivity index (χ2n) is 7.62. The van der Waals surface area contributed by atoms with Crippen LogP contribution >= 0.6 is 0 Å². The zero-order valence-corrected chi connectivity index (χ0v) is 16.6. The molecule has 1 aliphatic heterocycles. The Morgan fingerprint density at radius 1 is 1.31 bits per heavy atom. The largest absolute Gasteiger partial charge is 0.465 e. The molecule has 1 N–H and O–H groups in total. The van der Waals surface area contributed by atoms with Crippen molar-refractivity contribution in [2.24, 2.45) is 7.05 Å². The molecule has 1 aromatic carbocycles. The highest BCUT2D eigenvalue weighted by Gasteiger charge is 2.26. The molecule has 8 nitrogen and oxygen atoms in total. The minimum Gasteiger partial charge on any atom is -0.465 e. The number of carboxylic acid groups (broad SMARTS) is 1. The fraction of sp³-hybridized carbons (Fsp3) is 0.450. The van der Waals surface area contributed by atoms with E-state index in [0.29, 0.717) is 31.4 Å². The van der Waals surface area contributed by atoms with Crippen LogP contribution in [-0.2, 0) is 13.6 Å². The van der Waals surface area contributed by atoms with E-state index in [4.69, 9.17) is 9.52 Å². The average molecular weight is 402 g/mol. The molecule has 1 amide bonds. The van der Waals surface area contributed by atoms with Gasteiger partial charge in [0.05, 0.1) is 17.8 Å². The average Bonchev–Trinajstić information content (AvgIpc) is 3.13. The van der Waals surface area contributed by atoms with Crippen molar-refractivity contribution >= 4 is 17.2 Å². The molecule has 1 aliphatic rings. The minimum absolute atomic E-state index is 0.0322. The summed E-state index contributed by atoms with van der Waals surface area (Å²) in [6.07, 6.45) is 0.288. The van der Waals surface area contributed by atoms with Gasteiger partial charge in [-0.2, -0.15) is 5.10 Å². The highest BCUT2D eigenvalue weighted by molar-refractivity contribution is 5.75. The van der Waals surface area contributed by atoms with Crippen LogP contribution < -0.4 is 5.76 Å². The summed E-state index contributed by atoms with van der Waals surface area (Å²) in [6, 6.07) is 3.20. The van der Waals surface area contributed by atoms with Gasteiger partial charge in [0, 0.05) is 31.4 Å². The van der Waals surface area contributed by atoms with Gasteiger partial charge in [0.25, 0.3) is 0 Å². The van der Waals surface area contributed by atoms with Crippen LogP contribution in [0.2, 0.25) is 0 Å². The maximum absolute atomic E-state index is 14.7. The molecular formula is C20H23FN4O4. The summed E-state index contributed by atoms with van der Waals surface area (Å²) in [5.74, 6) is -1.15. The number of carbonyl (C=O) groups is 1. The van der Waals surface area contributed by atoms with Crippen molar-refractivity contribution in [1.82, 2.24) is 19.2 Å². The van der Waals surface area contributed by atoms with Gasteiger partial charge < -0.3 is 14.4 Å². The van der Waals surface area contributed by atoms with Crippen LogP contribution in [-0.4, -0.2) is 43.5 Å². The molecule has 1 fully saturated rings. The van der Waals surface area contributed by atoms with Crippen LogP contribution in [0.1, 0.15) is 41.3 Å². The Labute approximate surface area is 166 Å². The molecule has 29 heavy (non-hydrogen) atoms. The summed E-state index contributed by atoms with van der Waals surface area (Å²) in [6.45, 7) is 4.86.